The molecule has 0 saturated carbocycles. The first kappa shape index (κ1) is 24.1. The molecule has 4 rings (SSSR count). The van der Waals surface area contributed by atoms with Crippen molar-refractivity contribution in [2.24, 2.45) is 0 Å². The molecule has 0 aromatic carbocycles. The van der Waals surface area contributed by atoms with E-state index in [1.165, 1.54) is 22.7 Å². The van der Waals surface area contributed by atoms with Gasteiger partial charge in [-0.1, -0.05) is 0 Å². The van der Waals surface area contributed by atoms with Gasteiger partial charge in [0, 0.05) is 51.7 Å². The number of hydrogen-bond donors (Lipinski definition) is 0. The van der Waals surface area contributed by atoms with E-state index in [4.69, 9.17) is 0 Å². The SMILES string of the molecule is CCN1c2ccncc2N(CC)C(C)C1C.CN1c2ccncc2N(C)C(C)(C)C1(C)C. The number of likely N-dealkylation sites (N-methyl/N-ethyl adjacent to an activating group) is 4. The number of anilines is 4. The highest BCUT2D eigenvalue weighted by Crippen LogP contribution is 2.46. The van der Waals surface area contributed by atoms with Crippen molar-refractivity contribution < 1.29 is 0 Å². The van der Waals surface area contributed by atoms with Crippen LogP contribution in [0, 0.1) is 0 Å². The van der Waals surface area contributed by atoms with Crippen LogP contribution in [0.2, 0.25) is 0 Å². The maximum Gasteiger partial charge on any atom is 0.0793 e. The summed E-state index contributed by atoms with van der Waals surface area (Å²) in [6.07, 6.45) is 7.68. The summed E-state index contributed by atoms with van der Waals surface area (Å²) in [5, 5.41) is 0. The summed E-state index contributed by atoms with van der Waals surface area (Å²) in [5.74, 6) is 0. The first-order valence-corrected chi connectivity index (χ1v) is 11.9. The van der Waals surface area contributed by atoms with Crippen LogP contribution in [0.3, 0.4) is 0 Å². The second kappa shape index (κ2) is 8.80. The zero-order valence-corrected chi connectivity index (χ0v) is 21.7. The molecular formula is C26H42N6. The van der Waals surface area contributed by atoms with Gasteiger partial charge in [-0.25, -0.2) is 0 Å². The third-order valence-electron chi connectivity index (χ3n) is 8.43. The van der Waals surface area contributed by atoms with E-state index in [1.54, 1.807) is 0 Å². The monoisotopic (exact) mass is 438 g/mol. The molecule has 0 bridgehead atoms. The Hall–Kier alpha value is -2.50. The van der Waals surface area contributed by atoms with Gasteiger partial charge in [-0.2, -0.15) is 0 Å². The molecule has 2 aromatic heterocycles. The van der Waals surface area contributed by atoms with Crippen LogP contribution in [-0.2, 0) is 0 Å². The van der Waals surface area contributed by atoms with E-state index in [2.05, 4.69) is 111 Å². The Morgan fingerprint density at radius 3 is 1.59 bits per heavy atom. The molecule has 2 atom stereocenters. The lowest BCUT2D eigenvalue weighted by molar-refractivity contribution is 0.273. The van der Waals surface area contributed by atoms with Gasteiger partial charge in [-0.3, -0.25) is 9.97 Å². The van der Waals surface area contributed by atoms with E-state index in [9.17, 15) is 0 Å². The second-order valence-electron chi connectivity index (χ2n) is 10.0. The van der Waals surface area contributed by atoms with Crippen LogP contribution in [0.4, 0.5) is 22.7 Å². The summed E-state index contributed by atoms with van der Waals surface area (Å²) >= 11 is 0. The largest absolute Gasteiger partial charge is 0.365 e. The van der Waals surface area contributed by atoms with E-state index in [-0.39, 0.29) is 11.1 Å². The summed E-state index contributed by atoms with van der Waals surface area (Å²) in [7, 11) is 4.31. The van der Waals surface area contributed by atoms with Crippen LogP contribution in [-0.4, -0.2) is 60.3 Å². The van der Waals surface area contributed by atoms with Gasteiger partial charge in [0.25, 0.3) is 0 Å². The molecule has 6 heteroatoms. The lowest BCUT2D eigenvalue weighted by atomic mass is 9.77. The fourth-order valence-electron chi connectivity index (χ4n) is 5.06. The molecule has 2 aromatic rings. The Morgan fingerprint density at radius 1 is 0.688 bits per heavy atom. The lowest BCUT2D eigenvalue weighted by Gasteiger charge is -2.58. The van der Waals surface area contributed by atoms with E-state index in [0.717, 1.165) is 13.1 Å². The molecule has 6 nitrogen and oxygen atoms in total. The predicted molar refractivity (Wildman–Crippen MR) is 138 cm³/mol. The van der Waals surface area contributed by atoms with E-state index >= 15 is 0 Å². The van der Waals surface area contributed by atoms with E-state index in [0.29, 0.717) is 12.1 Å². The van der Waals surface area contributed by atoms with Crippen molar-refractivity contribution in [2.45, 2.75) is 78.6 Å². The summed E-state index contributed by atoms with van der Waals surface area (Å²) in [6.45, 7) is 20.3. The number of pyridine rings is 2. The second-order valence-corrected chi connectivity index (χ2v) is 10.0. The summed E-state index contributed by atoms with van der Waals surface area (Å²) in [5.41, 5.74) is 5.20. The van der Waals surface area contributed by atoms with Gasteiger partial charge in [0.2, 0.25) is 0 Å². The molecular weight excluding hydrogens is 396 g/mol. The first-order chi connectivity index (χ1) is 15.0. The van der Waals surface area contributed by atoms with Gasteiger partial charge in [0.1, 0.15) is 0 Å². The van der Waals surface area contributed by atoms with E-state index in [1.807, 2.05) is 24.8 Å². The van der Waals surface area contributed by atoms with Crippen molar-refractivity contribution in [1.82, 2.24) is 9.97 Å². The van der Waals surface area contributed by atoms with Gasteiger partial charge in [-0.15, -0.1) is 0 Å². The summed E-state index contributed by atoms with van der Waals surface area (Å²) in [6, 6.07) is 5.31. The smallest absolute Gasteiger partial charge is 0.0793 e. The zero-order chi connectivity index (χ0) is 23.8. The predicted octanol–water partition coefficient (Wildman–Crippen LogP) is 5.05. The molecule has 0 aliphatic carbocycles. The zero-order valence-electron chi connectivity index (χ0n) is 21.7. The Kier molecular flexibility index (Phi) is 6.64. The van der Waals surface area contributed by atoms with Crippen molar-refractivity contribution in [3.8, 4) is 0 Å². The highest BCUT2D eigenvalue weighted by Gasteiger charge is 2.48. The highest BCUT2D eigenvalue weighted by molar-refractivity contribution is 5.75. The molecule has 0 saturated heterocycles. The number of fused-ring (bicyclic) bond motifs is 2. The van der Waals surface area contributed by atoms with Crippen molar-refractivity contribution in [1.29, 1.82) is 0 Å². The molecule has 2 aliphatic heterocycles. The molecule has 176 valence electrons. The topological polar surface area (TPSA) is 38.7 Å². The van der Waals surface area contributed by atoms with Crippen molar-refractivity contribution in [2.75, 3.05) is 46.8 Å². The van der Waals surface area contributed by atoms with Crippen LogP contribution in [0.15, 0.2) is 36.9 Å². The van der Waals surface area contributed by atoms with Crippen LogP contribution >= 0.6 is 0 Å². The number of rotatable bonds is 2. The molecule has 0 N–H and O–H groups in total. The third kappa shape index (κ3) is 3.67. The van der Waals surface area contributed by atoms with Gasteiger partial charge in [0.05, 0.1) is 46.2 Å². The Labute approximate surface area is 195 Å². The van der Waals surface area contributed by atoms with Crippen LogP contribution in [0.5, 0.6) is 0 Å². The highest BCUT2D eigenvalue weighted by atomic mass is 15.3. The normalized spacial score (nSPS) is 23.2. The van der Waals surface area contributed by atoms with Gasteiger partial charge in [-0.05, 0) is 67.5 Å². The minimum atomic E-state index is 0.0672. The Balaban J connectivity index is 0.000000181. The summed E-state index contributed by atoms with van der Waals surface area (Å²) in [4.78, 5) is 18.1. The minimum absolute atomic E-state index is 0.0672. The van der Waals surface area contributed by atoms with Crippen LogP contribution in [0.1, 0.15) is 55.4 Å². The quantitative estimate of drug-likeness (QED) is 0.653. The maximum absolute atomic E-state index is 4.26. The molecule has 0 amide bonds. The number of nitrogens with zero attached hydrogens (tertiary/aromatic N) is 6. The Bertz CT molecular complexity index is 819. The van der Waals surface area contributed by atoms with Gasteiger partial charge in [0.15, 0.2) is 0 Å². The van der Waals surface area contributed by atoms with Crippen molar-refractivity contribution in [3.05, 3.63) is 36.9 Å². The first-order valence-electron chi connectivity index (χ1n) is 11.9. The van der Waals surface area contributed by atoms with Crippen molar-refractivity contribution in [3.63, 3.8) is 0 Å². The third-order valence-corrected chi connectivity index (χ3v) is 8.43. The fraction of sp³-hybridized carbons (Fsp3) is 0.615. The molecule has 2 unspecified atom stereocenters. The molecule has 0 spiro atoms. The fourth-order valence-corrected chi connectivity index (χ4v) is 5.06. The van der Waals surface area contributed by atoms with Crippen molar-refractivity contribution >= 4 is 22.7 Å². The molecule has 4 heterocycles. The van der Waals surface area contributed by atoms with Gasteiger partial charge < -0.3 is 19.6 Å². The average molecular weight is 439 g/mol. The number of aromatic nitrogens is 2. The molecule has 0 radical (unpaired) electrons. The Morgan fingerprint density at radius 2 is 1.09 bits per heavy atom. The van der Waals surface area contributed by atoms with Gasteiger partial charge >= 0.3 is 0 Å². The minimum Gasteiger partial charge on any atom is -0.365 e. The van der Waals surface area contributed by atoms with Crippen LogP contribution < -0.4 is 19.6 Å². The van der Waals surface area contributed by atoms with Crippen LogP contribution in [0.25, 0.3) is 0 Å². The lowest BCUT2D eigenvalue weighted by Crippen LogP contribution is -2.67. The number of hydrogen-bond acceptors (Lipinski definition) is 6. The maximum atomic E-state index is 4.26. The molecule has 2 aliphatic rings. The molecule has 32 heavy (non-hydrogen) atoms. The average Bonchev–Trinajstić information content (AvgIpc) is 2.78. The van der Waals surface area contributed by atoms with E-state index < -0.39 is 0 Å². The summed E-state index contributed by atoms with van der Waals surface area (Å²) < 4.78 is 0. The molecule has 0 fully saturated rings. The standard InChI is InChI=1S/2C13H21N3/c1-12(2)13(3,4)16(6)11-9-14-8-7-10(11)15(12)5;1-5-15-10(3)11(4)16(6-2)13-9-14-8-7-12(13)15/h7-9H,1-6H3;7-11H,5-6H2,1-4H3.